The number of carbonyl (C=O) groups is 2. The largest absolute Gasteiger partial charge is 0.379 e. The van der Waals surface area contributed by atoms with Crippen LogP contribution in [0.1, 0.15) is 53.4 Å². The summed E-state index contributed by atoms with van der Waals surface area (Å²) in [5.41, 5.74) is 6.49. The van der Waals surface area contributed by atoms with Crippen molar-refractivity contribution in [3.63, 3.8) is 0 Å². The number of anilines is 1. The third-order valence-electron chi connectivity index (χ3n) is 8.37. The summed E-state index contributed by atoms with van der Waals surface area (Å²) in [5.74, 6) is 0.519. The monoisotopic (exact) mass is 516 g/mol. The molecule has 2 unspecified atom stereocenters. The van der Waals surface area contributed by atoms with Crippen molar-refractivity contribution in [3.05, 3.63) is 76.5 Å². The van der Waals surface area contributed by atoms with Gasteiger partial charge in [0.05, 0.1) is 25.3 Å². The molecular formula is C31H40N4O3. The maximum Gasteiger partial charge on any atom is 0.258 e. The second-order valence-corrected chi connectivity index (χ2v) is 10.9. The van der Waals surface area contributed by atoms with Crippen LogP contribution >= 0.6 is 0 Å². The van der Waals surface area contributed by atoms with Crippen molar-refractivity contribution in [2.24, 2.45) is 5.92 Å². The summed E-state index contributed by atoms with van der Waals surface area (Å²) in [7, 11) is 0. The van der Waals surface area contributed by atoms with E-state index in [1.165, 1.54) is 11.3 Å². The molecule has 7 heteroatoms. The summed E-state index contributed by atoms with van der Waals surface area (Å²) in [6.07, 6.45) is 2.90. The molecule has 3 aliphatic rings. The average Bonchev–Trinajstić information content (AvgIpc) is 3.51. The van der Waals surface area contributed by atoms with E-state index in [1.54, 1.807) is 0 Å². The Labute approximate surface area is 226 Å². The molecule has 1 N–H and O–H groups in total. The molecule has 5 rings (SSSR count). The molecule has 3 aliphatic heterocycles. The lowest BCUT2D eigenvalue weighted by molar-refractivity contribution is -0.128. The highest BCUT2D eigenvalue weighted by Crippen LogP contribution is 2.35. The number of hydrogen-bond donors (Lipinski definition) is 1. The van der Waals surface area contributed by atoms with Gasteiger partial charge in [0.15, 0.2) is 0 Å². The molecule has 0 radical (unpaired) electrons. The van der Waals surface area contributed by atoms with E-state index >= 15 is 0 Å². The molecular weight excluding hydrogens is 476 g/mol. The lowest BCUT2D eigenvalue weighted by Crippen LogP contribution is -2.50. The van der Waals surface area contributed by atoms with Crippen LogP contribution < -0.4 is 10.2 Å². The van der Waals surface area contributed by atoms with E-state index in [4.69, 9.17) is 4.74 Å². The molecule has 0 saturated carbocycles. The standard InChI is InChI=1S/C31H40N4O3/c1-5-28(32-30(36)23(4)33-12-14-38-15-13-33)24-10-7-11-27(16-24)34-17-25-19-35(20-26(25)18-34)31(37)29-21(2)8-6-9-22(29)3/h6-11,16,19,23,26,28H,5,12-15,17-18,20H2,1-4H3,(H,32,36)/t23?,26?,28-/m0/s1. The average molecular weight is 517 g/mol. The zero-order chi connectivity index (χ0) is 26.8. The van der Waals surface area contributed by atoms with Crippen molar-refractivity contribution in [1.29, 1.82) is 0 Å². The fourth-order valence-corrected chi connectivity index (χ4v) is 6.02. The maximum absolute atomic E-state index is 13.3. The van der Waals surface area contributed by atoms with E-state index in [0.29, 0.717) is 19.1 Å². The predicted octanol–water partition coefficient (Wildman–Crippen LogP) is 4.07. The number of fused-ring (bicyclic) bond motifs is 1. The minimum Gasteiger partial charge on any atom is -0.379 e. The zero-order valence-corrected chi connectivity index (χ0v) is 23.1. The number of morpholine rings is 1. The van der Waals surface area contributed by atoms with Crippen LogP contribution in [0.2, 0.25) is 0 Å². The van der Waals surface area contributed by atoms with Crippen LogP contribution in [0.15, 0.2) is 54.2 Å². The molecule has 2 aromatic carbocycles. The van der Waals surface area contributed by atoms with Crippen LogP contribution in [0.5, 0.6) is 0 Å². The van der Waals surface area contributed by atoms with Gasteiger partial charge in [-0.25, -0.2) is 0 Å². The van der Waals surface area contributed by atoms with Crippen molar-refractivity contribution < 1.29 is 14.3 Å². The van der Waals surface area contributed by atoms with Gasteiger partial charge in [-0.1, -0.05) is 37.3 Å². The highest BCUT2D eigenvalue weighted by molar-refractivity contribution is 5.98. The molecule has 38 heavy (non-hydrogen) atoms. The summed E-state index contributed by atoms with van der Waals surface area (Å²) in [4.78, 5) is 32.8. The molecule has 7 nitrogen and oxygen atoms in total. The van der Waals surface area contributed by atoms with Crippen LogP contribution in [0, 0.1) is 19.8 Å². The summed E-state index contributed by atoms with van der Waals surface area (Å²) in [5, 5.41) is 3.29. The minimum atomic E-state index is -0.171. The predicted molar refractivity (Wildman–Crippen MR) is 150 cm³/mol. The summed E-state index contributed by atoms with van der Waals surface area (Å²) in [6.45, 7) is 13.5. The van der Waals surface area contributed by atoms with Crippen molar-refractivity contribution in [3.8, 4) is 0 Å². The Bertz CT molecular complexity index is 1200. The first-order valence-corrected chi connectivity index (χ1v) is 13.9. The van der Waals surface area contributed by atoms with Gasteiger partial charge in [0.2, 0.25) is 5.91 Å². The molecule has 0 aromatic heterocycles. The van der Waals surface area contributed by atoms with Crippen molar-refractivity contribution in [2.45, 2.75) is 46.2 Å². The first-order chi connectivity index (χ1) is 18.4. The fourth-order valence-electron chi connectivity index (χ4n) is 6.02. The van der Waals surface area contributed by atoms with Gasteiger partial charge in [0.1, 0.15) is 0 Å². The number of rotatable bonds is 7. The van der Waals surface area contributed by atoms with Crippen molar-refractivity contribution in [1.82, 2.24) is 15.1 Å². The van der Waals surface area contributed by atoms with E-state index in [0.717, 1.165) is 61.4 Å². The Morgan fingerprint density at radius 3 is 2.45 bits per heavy atom. The first kappa shape index (κ1) is 26.4. The summed E-state index contributed by atoms with van der Waals surface area (Å²) in [6, 6.07) is 14.4. The SMILES string of the molecule is CC[C@H](NC(=O)C(C)N1CCOCC1)c1cccc(N2CC3=CN(C(=O)c4c(C)cccc4C)CC3C2)c1. The number of hydrogen-bond acceptors (Lipinski definition) is 5. The molecule has 0 aliphatic carbocycles. The van der Waals surface area contributed by atoms with Crippen LogP contribution in [0.4, 0.5) is 5.69 Å². The minimum absolute atomic E-state index is 0.0299. The molecule has 2 saturated heterocycles. The van der Waals surface area contributed by atoms with Crippen LogP contribution in [-0.2, 0) is 9.53 Å². The summed E-state index contributed by atoms with van der Waals surface area (Å²) >= 11 is 0. The van der Waals surface area contributed by atoms with E-state index in [9.17, 15) is 9.59 Å². The van der Waals surface area contributed by atoms with Gasteiger partial charge < -0.3 is 19.9 Å². The van der Waals surface area contributed by atoms with E-state index < -0.39 is 0 Å². The van der Waals surface area contributed by atoms with Crippen LogP contribution in [0.25, 0.3) is 0 Å². The zero-order valence-electron chi connectivity index (χ0n) is 23.1. The Hall–Kier alpha value is -3.16. The molecule has 2 aromatic rings. The number of nitrogens with one attached hydrogen (secondary N) is 1. The molecule has 2 fully saturated rings. The van der Waals surface area contributed by atoms with Gasteiger partial charge in [-0.15, -0.1) is 0 Å². The Balaban J connectivity index is 1.24. The highest BCUT2D eigenvalue weighted by atomic mass is 16.5. The lowest BCUT2D eigenvalue weighted by atomic mass is 10.0. The number of amides is 2. The highest BCUT2D eigenvalue weighted by Gasteiger charge is 2.36. The third kappa shape index (κ3) is 5.36. The Morgan fingerprint density at radius 1 is 1.05 bits per heavy atom. The molecule has 0 bridgehead atoms. The van der Waals surface area contributed by atoms with Gasteiger partial charge in [0, 0.05) is 56.1 Å². The van der Waals surface area contributed by atoms with E-state index in [-0.39, 0.29) is 23.9 Å². The molecule has 3 heterocycles. The second kappa shape index (κ2) is 11.3. The van der Waals surface area contributed by atoms with Crippen molar-refractivity contribution >= 4 is 17.5 Å². The quantitative estimate of drug-likeness (QED) is 0.601. The van der Waals surface area contributed by atoms with Crippen molar-refractivity contribution in [2.75, 3.05) is 50.8 Å². The smallest absolute Gasteiger partial charge is 0.258 e. The van der Waals surface area contributed by atoms with Crippen LogP contribution in [0.3, 0.4) is 0 Å². The number of ether oxygens (including phenoxy) is 1. The Morgan fingerprint density at radius 2 is 1.76 bits per heavy atom. The molecule has 202 valence electrons. The normalized spacial score (nSPS) is 21.2. The van der Waals surface area contributed by atoms with Gasteiger partial charge in [0.25, 0.3) is 5.91 Å². The topological polar surface area (TPSA) is 65.1 Å². The number of aryl methyl sites for hydroxylation is 2. The maximum atomic E-state index is 13.3. The fraction of sp³-hybridized carbons (Fsp3) is 0.484. The lowest BCUT2D eigenvalue weighted by Gasteiger charge is -2.32. The van der Waals surface area contributed by atoms with Gasteiger partial charge in [-0.3, -0.25) is 14.5 Å². The number of benzene rings is 2. The van der Waals surface area contributed by atoms with E-state index in [2.05, 4.69) is 52.5 Å². The van der Waals surface area contributed by atoms with Gasteiger partial charge in [-0.2, -0.15) is 0 Å². The molecule has 3 atom stereocenters. The van der Waals surface area contributed by atoms with Crippen LogP contribution in [-0.4, -0.2) is 73.6 Å². The molecule has 2 amide bonds. The number of nitrogens with zero attached hydrogens (tertiary/aromatic N) is 3. The Kier molecular flexibility index (Phi) is 7.86. The number of carbonyl (C=O) groups excluding carboxylic acids is 2. The van der Waals surface area contributed by atoms with Gasteiger partial charge in [-0.05, 0) is 61.6 Å². The third-order valence-corrected chi connectivity index (χ3v) is 8.37. The second-order valence-electron chi connectivity index (χ2n) is 10.9. The van der Waals surface area contributed by atoms with E-state index in [1.807, 2.05) is 43.9 Å². The first-order valence-electron chi connectivity index (χ1n) is 13.9. The molecule has 0 spiro atoms. The summed E-state index contributed by atoms with van der Waals surface area (Å²) < 4.78 is 5.44. The van der Waals surface area contributed by atoms with Gasteiger partial charge >= 0.3 is 0 Å².